The van der Waals surface area contributed by atoms with Gasteiger partial charge in [-0.3, -0.25) is 14.5 Å². The molecule has 0 aliphatic carbocycles. The molecule has 0 bridgehead atoms. The number of hydrogen-bond donors (Lipinski definition) is 1. The third-order valence-corrected chi connectivity index (χ3v) is 4.90. The minimum atomic E-state index is -0.0539. The summed E-state index contributed by atoms with van der Waals surface area (Å²) >= 11 is 1.48. The Bertz CT molecular complexity index is 509. The van der Waals surface area contributed by atoms with Crippen LogP contribution in [0.2, 0.25) is 0 Å². The van der Waals surface area contributed by atoms with Crippen molar-refractivity contribution in [1.29, 1.82) is 0 Å². The molecule has 5 nitrogen and oxygen atoms in total. The van der Waals surface area contributed by atoms with Crippen molar-refractivity contribution in [2.45, 2.75) is 32.7 Å². The highest BCUT2D eigenvalue weighted by molar-refractivity contribution is 7.14. The molecule has 1 atom stereocenters. The van der Waals surface area contributed by atoms with E-state index in [0.29, 0.717) is 12.6 Å². The number of carbonyl (C=O) groups excluding carboxylic acids is 2. The van der Waals surface area contributed by atoms with Crippen molar-refractivity contribution in [1.82, 2.24) is 10.2 Å². The summed E-state index contributed by atoms with van der Waals surface area (Å²) in [4.78, 5) is 28.0. The van der Waals surface area contributed by atoms with E-state index in [1.54, 1.807) is 0 Å². The predicted octanol–water partition coefficient (Wildman–Crippen LogP) is 1.86. The van der Waals surface area contributed by atoms with Crippen molar-refractivity contribution in [3.63, 3.8) is 0 Å². The molecular weight excluding hydrogens is 300 g/mol. The van der Waals surface area contributed by atoms with Crippen LogP contribution in [0.25, 0.3) is 0 Å². The van der Waals surface area contributed by atoms with Crippen LogP contribution >= 0.6 is 11.3 Å². The molecule has 0 saturated carbocycles. The number of nitrogens with one attached hydrogen (secondary N) is 1. The standard InChI is InChI=1S/C16H24N2O3S/c1-12(18-7-9-21-10-8-18)11-17-16(20)6-4-14(19)15-5-3-13(2)22-15/h3,5,12H,4,6-11H2,1-2H3,(H,17,20). The van der Waals surface area contributed by atoms with Gasteiger partial charge in [0.2, 0.25) is 5.91 Å². The second kappa shape index (κ2) is 8.41. The first kappa shape index (κ1) is 17.1. The first-order chi connectivity index (χ1) is 10.6. The number of nitrogens with zero attached hydrogens (tertiary/aromatic N) is 1. The molecule has 122 valence electrons. The van der Waals surface area contributed by atoms with Crippen LogP contribution in [0, 0.1) is 6.92 Å². The van der Waals surface area contributed by atoms with Crippen molar-refractivity contribution in [2.24, 2.45) is 0 Å². The fourth-order valence-electron chi connectivity index (χ4n) is 2.43. The molecule has 1 aromatic rings. The van der Waals surface area contributed by atoms with Gasteiger partial charge in [-0.2, -0.15) is 0 Å². The van der Waals surface area contributed by atoms with E-state index in [1.807, 2.05) is 19.1 Å². The first-order valence-corrected chi connectivity index (χ1v) is 8.56. The molecule has 1 aromatic heterocycles. The maximum atomic E-state index is 12.0. The fraction of sp³-hybridized carbons (Fsp3) is 0.625. The molecule has 2 heterocycles. The number of Topliss-reactive ketones (excluding diaryl/α,β-unsaturated/α-hetero) is 1. The Morgan fingerprint density at radius 1 is 1.32 bits per heavy atom. The summed E-state index contributed by atoms with van der Waals surface area (Å²) in [5.74, 6) is -0.00350. The van der Waals surface area contributed by atoms with Crippen molar-refractivity contribution in [3.8, 4) is 0 Å². The number of hydrogen-bond acceptors (Lipinski definition) is 5. The first-order valence-electron chi connectivity index (χ1n) is 7.74. The molecule has 1 aliphatic heterocycles. The maximum Gasteiger partial charge on any atom is 0.220 e. The zero-order chi connectivity index (χ0) is 15.9. The van der Waals surface area contributed by atoms with E-state index in [2.05, 4.69) is 17.1 Å². The van der Waals surface area contributed by atoms with Crippen LogP contribution in [-0.2, 0) is 9.53 Å². The van der Waals surface area contributed by atoms with E-state index in [4.69, 9.17) is 4.74 Å². The van der Waals surface area contributed by atoms with Gasteiger partial charge in [-0.1, -0.05) is 0 Å². The van der Waals surface area contributed by atoms with Gasteiger partial charge < -0.3 is 10.1 Å². The lowest BCUT2D eigenvalue weighted by Gasteiger charge is -2.32. The average molecular weight is 324 g/mol. The summed E-state index contributed by atoms with van der Waals surface area (Å²) in [5.41, 5.74) is 0. The van der Waals surface area contributed by atoms with Gasteiger partial charge in [0.25, 0.3) is 0 Å². The van der Waals surface area contributed by atoms with Gasteiger partial charge in [0.05, 0.1) is 18.1 Å². The van der Waals surface area contributed by atoms with Crippen molar-refractivity contribution < 1.29 is 14.3 Å². The minimum absolute atomic E-state index is 0.0504. The number of amides is 1. The van der Waals surface area contributed by atoms with Gasteiger partial charge in [-0.25, -0.2) is 0 Å². The predicted molar refractivity (Wildman–Crippen MR) is 87.5 cm³/mol. The third-order valence-electron chi connectivity index (χ3n) is 3.86. The largest absolute Gasteiger partial charge is 0.379 e. The Morgan fingerprint density at radius 2 is 2.05 bits per heavy atom. The molecule has 0 aromatic carbocycles. The van der Waals surface area contributed by atoms with Crippen LogP contribution in [0.5, 0.6) is 0 Å². The molecule has 0 radical (unpaired) electrons. The average Bonchev–Trinajstić information content (AvgIpc) is 2.97. The number of rotatable bonds is 7. The van der Waals surface area contributed by atoms with Crippen LogP contribution in [0.15, 0.2) is 12.1 Å². The Hall–Kier alpha value is -1.24. The van der Waals surface area contributed by atoms with Gasteiger partial charge >= 0.3 is 0 Å². The Labute approximate surface area is 135 Å². The normalized spacial score (nSPS) is 17.2. The molecule has 1 saturated heterocycles. The highest BCUT2D eigenvalue weighted by Crippen LogP contribution is 2.17. The smallest absolute Gasteiger partial charge is 0.220 e. The summed E-state index contributed by atoms with van der Waals surface area (Å²) in [6, 6.07) is 4.06. The summed E-state index contributed by atoms with van der Waals surface area (Å²) < 4.78 is 5.32. The molecule has 1 fully saturated rings. The van der Waals surface area contributed by atoms with Gasteiger partial charge in [0, 0.05) is 43.4 Å². The molecule has 0 spiro atoms. The summed E-state index contributed by atoms with van der Waals surface area (Å²) in [6.45, 7) is 8.03. The summed E-state index contributed by atoms with van der Waals surface area (Å²) in [7, 11) is 0. The van der Waals surface area contributed by atoms with E-state index >= 15 is 0 Å². The van der Waals surface area contributed by atoms with E-state index in [9.17, 15) is 9.59 Å². The topological polar surface area (TPSA) is 58.6 Å². The van der Waals surface area contributed by atoms with E-state index in [1.165, 1.54) is 11.3 Å². The molecule has 1 N–H and O–H groups in total. The van der Waals surface area contributed by atoms with E-state index < -0.39 is 0 Å². The van der Waals surface area contributed by atoms with Crippen LogP contribution in [0.1, 0.15) is 34.3 Å². The summed E-state index contributed by atoms with van der Waals surface area (Å²) in [5, 5.41) is 2.92. The fourth-order valence-corrected chi connectivity index (χ4v) is 3.27. The van der Waals surface area contributed by atoms with Gasteiger partial charge in [-0.15, -0.1) is 11.3 Å². The monoisotopic (exact) mass is 324 g/mol. The number of thiophene rings is 1. The zero-order valence-electron chi connectivity index (χ0n) is 13.3. The SMILES string of the molecule is Cc1ccc(C(=O)CCC(=O)NCC(C)N2CCOCC2)s1. The van der Waals surface area contributed by atoms with Gasteiger partial charge in [0.15, 0.2) is 5.78 Å². The second-order valence-electron chi connectivity index (χ2n) is 5.63. The number of ether oxygens (including phenoxy) is 1. The van der Waals surface area contributed by atoms with Crippen molar-refractivity contribution >= 4 is 23.0 Å². The van der Waals surface area contributed by atoms with Crippen LogP contribution in [0.3, 0.4) is 0 Å². The highest BCUT2D eigenvalue weighted by atomic mass is 32.1. The van der Waals surface area contributed by atoms with E-state index in [-0.39, 0.29) is 24.5 Å². The van der Waals surface area contributed by atoms with Crippen LogP contribution < -0.4 is 5.32 Å². The maximum absolute atomic E-state index is 12.0. The lowest BCUT2D eigenvalue weighted by Crippen LogP contribution is -2.47. The van der Waals surface area contributed by atoms with Crippen molar-refractivity contribution in [3.05, 3.63) is 21.9 Å². The molecule has 2 rings (SSSR count). The number of carbonyl (C=O) groups is 2. The summed E-state index contributed by atoms with van der Waals surface area (Å²) in [6.07, 6.45) is 0.531. The Kier molecular flexibility index (Phi) is 6.54. The molecule has 6 heteroatoms. The van der Waals surface area contributed by atoms with Gasteiger partial charge in [0.1, 0.15) is 0 Å². The van der Waals surface area contributed by atoms with Crippen LogP contribution in [0.4, 0.5) is 0 Å². The molecule has 1 aliphatic rings. The minimum Gasteiger partial charge on any atom is -0.379 e. The molecule has 1 unspecified atom stereocenters. The molecular formula is C16H24N2O3S. The molecule has 1 amide bonds. The van der Waals surface area contributed by atoms with E-state index in [0.717, 1.165) is 36.1 Å². The number of ketones is 1. The quantitative estimate of drug-likeness (QED) is 0.778. The lowest BCUT2D eigenvalue weighted by molar-refractivity contribution is -0.121. The molecule has 22 heavy (non-hydrogen) atoms. The van der Waals surface area contributed by atoms with Crippen LogP contribution in [-0.4, -0.2) is 55.5 Å². The third kappa shape index (κ3) is 5.19. The highest BCUT2D eigenvalue weighted by Gasteiger charge is 2.17. The number of aryl methyl sites for hydroxylation is 1. The van der Waals surface area contributed by atoms with Crippen molar-refractivity contribution in [2.75, 3.05) is 32.8 Å². The zero-order valence-corrected chi connectivity index (χ0v) is 14.1. The Morgan fingerprint density at radius 3 is 2.68 bits per heavy atom. The lowest BCUT2D eigenvalue weighted by atomic mass is 10.2. The number of morpholine rings is 1. The second-order valence-corrected chi connectivity index (χ2v) is 6.92. The Balaban J connectivity index is 1.66. The van der Waals surface area contributed by atoms with Gasteiger partial charge in [-0.05, 0) is 26.0 Å².